The molecule has 0 aliphatic heterocycles. The predicted molar refractivity (Wildman–Crippen MR) is 452 cm³/mol. The number of phenolic OH excluding ortho intramolecular Hbond substituents is 8. The lowest BCUT2D eigenvalue weighted by molar-refractivity contribution is 0.153. The lowest BCUT2D eigenvalue weighted by Gasteiger charge is -2.33. The normalized spacial score (nSPS) is 15.2. The molecule has 640 valence electrons. The van der Waals surface area contributed by atoms with E-state index in [1.807, 2.05) is 0 Å². The number of unbranched alkanes of at least 4 members (excludes halogenated alkanes) is 32. The van der Waals surface area contributed by atoms with Crippen LogP contribution < -0.4 is 0 Å². The van der Waals surface area contributed by atoms with Gasteiger partial charge < -0.3 is 81.7 Å². The van der Waals surface area contributed by atoms with E-state index in [-0.39, 0.29) is 200 Å². The van der Waals surface area contributed by atoms with Crippen molar-refractivity contribution in [1.29, 1.82) is 0 Å². The van der Waals surface area contributed by atoms with Crippen molar-refractivity contribution >= 4 is 0 Å². The quantitative estimate of drug-likeness (QED) is 0.0183. The third kappa shape index (κ3) is 31.0. The van der Waals surface area contributed by atoms with Crippen LogP contribution >= 0.6 is 0 Å². The van der Waals surface area contributed by atoms with Crippen molar-refractivity contribution in [2.75, 3.05) is 105 Å². The van der Waals surface area contributed by atoms with E-state index in [0.717, 1.165) is 180 Å². The number of benzene rings is 4. The summed E-state index contributed by atoms with van der Waals surface area (Å²) in [5.74, 6) is -6.08. The summed E-state index contributed by atoms with van der Waals surface area (Å²) in [5, 5.41) is 195. The predicted octanol–water partition coefficient (Wildman–Crippen LogP) is 17.0. The van der Waals surface area contributed by atoms with Crippen molar-refractivity contribution in [3.8, 4) is 46.0 Å². The molecule has 112 heavy (non-hydrogen) atoms. The Morgan fingerprint density at radius 2 is 0.321 bits per heavy atom. The highest BCUT2D eigenvalue weighted by Gasteiger charge is 2.39. The lowest BCUT2D eigenvalue weighted by Crippen LogP contribution is -2.30. The molecule has 0 fully saturated rings. The van der Waals surface area contributed by atoms with Crippen LogP contribution in [-0.4, -0.2) is 207 Å². The number of nitrogens with zero attached hydrogens (tertiary/aromatic N) is 4. The maximum atomic E-state index is 13.7. The van der Waals surface area contributed by atoms with E-state index in [9.17, 15) is 81.7 Å². The fourth-order valence-electron chi connectivity index (χ4n) is 17.4. The van der Waals surface area contributed by atoms with Crippen molar-refractivity contribution in [1.82, 2.24) is 19.6 Å². The van der Waals surface area contributed by atoms with E-state index in [1.54, 1.807) is 43.9 Å². The monoisotopic (exact) mass is 1570 g/mol. The van der Waals surface area contributed by atoms with Gasteiger partial charge in [-0.2, -0.15) is 0 Å². The molecule has 0 heterocycles. The molecule has 5 rings (SSSR count). The van der Waals surface area contributed by atoms with Crippen molar-refractivity contribution in [3.63, 3.8) is 0 Å². The van der Waals surface area contributed by atoms with Crippen LogP contribution in [0.5, 0.6) is 46.0 Å². The summed E-state index contributed by atoms with van der Waals surface area (Å²) in [6.07, 6.45) is 37.0. The van der Waals surface area contributed by atoms with E-state index in [4.69, 9.17) is 0 Å². The van der Waals surface area contributed by atoms with Gasteiger partial charge in [-0.15, -0.1) is 0 Å². The maximum absolute atomic E-state index is 13.7. The molecule has 0 saturated heterocycles. The van der Waals surface area contributed by atoms with Crippen molar-refractivity contribution in [2.45, 2.75) is 334 Å². The first-order valence-electron chi connectivity index (χ1n) is 44.6. The van der Waals surface area contributed by atoms with Crippen LogP contribution in [0.25, 0.3) is 0 Å². The van der Waals surface area contributed by atoms with Gasteiger partial charge in [-0.25, -0.2) is 0 Å². The maximum Gasteiger partial charge on any atom is 0.127 e. The molecular weight excluding hydrogens is 1420 g/mol. The summed E-state index contributed by atoms with van der Waals surface area (Å²) in [6, 6.07) is 7.22. The number of phenols is 8. The fraction of sp³-hybridized carbons (Fsp3) is 0.739. The molecule has 0 unspecified atom stereocenters. The highest BCUT2D eigenvalue weighted by Crippen LogP contribution is 2.57. The number of hydrogen-bond donors (Lipinski definition) is 16. The SMILES string of the molecule is CCCCCCCCCCCC1c2cc(c(O)c(CN(CCO)CCO)c2O)C(CCCCCCCCCCC)c2cc(c(O)c(CN(CCO)CCO)c2O)C(CCCCCCCCCCC)c2cc(c(O)c(CN(CCO)CCO)c2O)C(CCCCCCCCCCC)c2cc1c(O)c(CN(CCO)CCO)c2O. The van der Waals surface area contributed by atoms with Gasteiger partial charge in [0.05, 0.1) is 75.1 Å². The molecular formula is C92H156N4O16. The zero-order valence-corrected chi connectivity index (χ0v) is 70.0. The van der Waals surface area contributed by atoms with Crippen LogP contribution in [0, 0.1) is 0 Å². The average molecular weight is 1570 g/mol. The molecule has 0 saturated carbocycles. The molecule has 0 amide bonds. The van der Waals surface area contributed by atoms with Crippen molar-refractivity contribution in [3.05, 3.63) is 91.0 Å². The summed E-state index contributed by atoms with van der Waals surface area (Å²) in [5.41, 5.74) is 2.87. The van der Waals surface area contributed by atoms with Gasteiger partial charge in [0.15, 0.2) is 0 Å². The molecule has 0 atom stereocenters. The molecule has 8 bridgehead atoms. The van der Waals surface area contributed by atoms with Crippen LogP contribution in [0.3, 0.4) is 0 Å². The van der Waals surface area contributed by atoms with Gasteiger partial charge in [-0.1, -0.05) is 259 Å². The summed E-state index contributed by atoms with van der Waals surface area (Å²) in [4.78, 5) is 6.99. The smallest absolute Gasteiger partial charge is 0.127 e. The topological polar surface area (TPSA) is 337 Å². The van der Waals surface area contributed by atoms with Crippen LogP contribution in [0.4, 0.5) is 0 Å². The molecule has 20 heteroatoms. The van der Waals surface area contributed by atoms with E-state index in [1.165, 1.54) is 25.7 Å². The van der Waals surface area contributed by atoms with Gasteiger partial charge in [-0.3, -0.25) is 19.6 Å². The molecule has 0 aromatic heterocycles. The number of aliphatic hydroxyl groups is 8. The first-order valence-corrected chi connectivity index (χ1v) is 44.6. The minimum Gasteiger partial charge on any atom is -0.507 e. The lowest BCUT2D eigenvalue weighted by atomic mass is 9.74. The number of aliphatic hydroxyl groups excluding tert-OH is 8. The summed E-state index contributed by atoms with van der Waals surface area (Å²) < 4.78 is 0. The van der Waals surface area contributed by atoms with Crippen LogP contribution in [0.1, 0.15) is 375 Å². The molecule has 1 aliphatic rings. The van der Waals surface area contributed by atoms with Crippen molar-refractivity contribution in [2.24, 2.45) is 0 Å². The summed E-state index contributed by atoms with van der Waals surface area (Å²) in [6.45, 7) is 6.06. The average Bonchev–Trinajstić information content (AvgIpc) is 0.737. The second-order valence-electron chi connectivity index (χ2n) is 32.5. The molecule has 1 aliphatic carbocycles. The van der Waals surface area contributed by atoms with Crippen LogP contribution in [0.15, 0.2) is 24.3 Å². The van der Waals surface area contributed by atoms with Gasteiger partial charge in [0.25, 0.3) is 0 Å². The summed E-state index contributed by atoms with van der Waals surface area (Å²) in [7, 11) is 0. The van der Waals surface area contributed by atoms with Gasteiger partial charge in [0.2, 0.25) is 0 Å². The first kappa shape index (κ1) is 97.4. The molecule has 20 nitrogen and oxygen atoms in total. The number of aromatic hydroxyl groups is 8. The molecule has 0 radical (unpaired) electrons. The van der Waals surface area contributed by atoms with E-state index >= 15 is 0 Å². The Morgan fingerprint density at radius 1 is 0.196 bits per heavy atom. The Hall–Kier alpha value is -5.20. The Balaban J connectivity index is 2.18. The Morgan fingerprint density at radius 3 is 0.446 bits per heavy atom. The Kier molecular flexibility index (Phi) is 49.5. The van der Waals surface area contributed by atoms with Gasteiger partial charge >= 0.3 is 0 Å². The second-order valence-corrected chi connectivity index (χ2v) is 32.5. The van der Waals surface area contributed by atoms with Gasteiger partial charge in [-0.05, 0) is 49.9 Å². The molecule has 16 N–H and O–H groups in total. The molecule has 4 aromatic rings. The van der Waals surface area contributed by atoms with Crippen LogP contribution in [-0.2, 0) is 26.2 Å². The minimum atomic E-state index is -0.931. The Bertz CT molecular complexity index is 2640. The number of rotatable bonds is 64. The molecule has 4 aromatic carbocycles. The van der Waals surface area contributed by atoms with Crippen LogP contribution in [0.2, 0.25) is 0 Å². The fourth-order valence-corrected chi connectivity index (χ4v) is 17.4. The minimum absolute atomic E-state index is 0.0548. The standard InChI is InChI=1S/C92H156N4O16/c1-5-9-13-17-21-25-29-33-37-41-69-73-61-75(87(107)81(85(73)105)65-93(45-53-97)46-54-98)70(42-38-34-30-26-22-18-14-10-6-2)77-63-79(91(111)83(89(77)109)67-95(49-57-101)50-58-102)72(44-40-36-32-28-24-20-16-12-8-4)80-64-78(90(110)84(92(80)112)68-96(51-59-103)52-60-104)71(43-39-35-31-27-23-19-15-11-7-3)76-62-74(69)86(106)82(88(76)108)66-94(47-55-99)48-56-100/h61-64,69-72,97-112H,5-60,65-68H2,1-4H3. The Labute approximate surface area is 674 Å². The van der Waals surface area contributed by atoms with E-state index in [2.05, 4.69) is 27.7 Å². The second kappa shape index (κ2) is 57.0. The van der Waals surface area contributed by atoms with Crippen molar-refractivity contribution < 1.29 is 81.7 Å². The third-order valence-corrected chi connectivity index (χ3v) is 24.0. The van der Waals surface area contributed by atoms with E-state index in [0.29, 0.717) is 95.9 Å². The zero-order chi connectivity index (χ0) is 81.4. The van der Waals surface area contributed by atoms with Gasteiger partial charge in [0, 0.05) is 147 Å². The summed E-state index contributed by atoms with van der Waals surface area (Å²) >= 11 is 0. The number of hydrogen-bond acceptors (Lipinski definition) is 20. The zero-order valence-electron chi connectivity index (χ0n) is 70.0. The third-order valence-electron chi connectivity index (χ3n) is 24.0. The van der Waals surface area contributed by atoms with Gasteiger partial charge in [0.1, 0.15) is 46.0 Å². The highest BCUT2D eigenvalue weighted by molar-refractivity contribution is 5.68. The molecule has 0 spiro atoms. The number of fused-ring (bicyclic) bond motifs is 8. The highest BCUT2D eigenvalue weighted by atomic mass is 16.3. The first-order chi connectivity index (χ1) is 54.5. The van der Waals surface area contributed by atoms with E-state index < -0.39 is 23.7 Å². The largest absolute Gasteiger partial charge is 0.507 e.